The van der Waals surface area contributed by atoms with Gasteiger partial charge in [-0.2, -0.15) is 0 Å². The molecule has 0 atom stereocenters. The molecule has 3 rings (SSSR count). The minimum absolute atomic E-state index is 0.00126. The molecule has 1 aliphatic carbocycles. The van der Waals surface area contributed by atoms with Gasteiger partial charge >= 0.3 is 0 Å². The molecule has 2 aromatic carbocycles. The highest BCUT2D eigenvalue weighted by atomic mass is 32.2. The van der Waals surface area contributed by atoms with Crippen LogP contribution in [0.1, 0.15) is 36.0 Å². The summed E-state index contributed by atoms with van der Waals surface area (Å²) in [4.78, 5) is 12.8. The maximum Gasteiger partial charge on any atom is 0.264 e. The lowest BCUT2D eigenvalue weighted by atomic mass is 9.91. The lowest BCUT2D eigenvalue weighted by Crippen LogP contribution is -2.41. The molecule has 1 fully saturated rings. The molecule has 7 heteroatoms. The van der Waals surface area contributed by atoms with Crippen molar-refractivity contribution in [3.63, 3.8) is 0 Å². The standard InChI is InChI=1S/C20H25N3O3S/c1-23(17-7-3-2-4-8-17)27(25,26)19-10-6-5-9-18(19)20(24)22-16-13-11-15(21)12-14-16/h2-10,15-16H,11-14,21H2,1H3,(H,22,24). The maximum absolute atomic E-state index is 13.1. The molecule has 0 bridgehead atoms. The summed E-state index contributed by atoms with van der Waals surface area (Å²) in [7, 11) is -2.38. The van der Waals surface area contributed by atoms with E-state index in [2.05, 4.69) is 5.32 Å². The summed E-state index contributed by atoms with van der Waals surface area (Å²) >= 11 is 0. The van der Waals surface area contributed by atoms with Crippen LogP contribution in [-0.4, -0.2) is 33.5 Å². The van der Waals surface area contributed by atoms with Crippen molar-refractivity contribution >= 4 is 21.6 Å². The number of amides is 1. The number of carbonyl (C=O) groups is 1. The Kier molecular flexibility index (Phi) is 5.82. The number of hydrogen-bond donors (Lipinski definition) is 2. The molecule has 0 radical (unpaired) electrons. The number of sulfonamides is 1. The van der Waals surface area contributed by atoms with Crippen LogP contribution in [0.5, 0.6) is 0 Å². The van der Waals surface area contributed by atoms with Crippen LogP contribution in [0, 0.1) is 0 Å². The summed E-state index contributed by atoms with van der Waals surface area (Å²) in [6.45, 7) is 0. The summed E-state index contributed by atoms with van der Waals surface area (Å²) in [5, 5.41) is 2.97. The van der Waals surface area contributed by atoms with Crippen LogP contribution in [-0.2, 0) is 10.0 Å². The normalized spacial score (nSPS) is 20.1. The third-order valence-electron chi connectivity index (χ3n) is 5.00. The molecule has 144 valence electrons. The Bertz CT molecular complexity index is 892. The van der Waals surface area contributed by atoms with Gasteiger partial charge < -0.3 is 11.1 Å². The van der Waals surface area contributed by atoms with Gasteiger partial charge in [-0.3, -0.25) is 9.10 Å². The molecule has 1 saturated carbocycles. The molecule has 1 aliphatic rings. The summed E-state index contributed by atoms with van der Waals surface area (Å²) in [6, 6.07) is 15.3. The second-order valence-corrected chi connectivity index (χ2v) is 8.83. The Labute approximate surface area is 160 Å². The lowest BCUT2D eigenvalue weighted by Gasteiger charge is -2.27. The molecule has 1 amide bonds. The second kappa shape index (κ2) is 8.10. The number of nitrogens with zero attached hydrogens (tertiary/aromatic N) is 1. The lowest BCUT2D eigenvalue weighted by molar-refractivity contribution is 0.0922. The van der Waals surface area contributed by atoms with E-state index in [1.54, 1.807) is 42.5 Å². The average molecular weight is 388 g/mol. The third-order valence-corrected chi connectivity index (χ3v) is 6.84. The number of carbonyl (C=O) groups excluding carboxylic acids is 1. The van der Waals surface area contributed by atoms with Gasteiger partial charge in [0.25, 0.3) is 15.9 Å². The van der Waals surface area contributed by atoms with Crippen LogP contribution in [0.25, 0.3) is 0 Å². The Balaban J connectivity index is 1.86. The number of hydrogen-bond acceptors (Lipinski definition) is 4. The first-order valence-electron chi connectivity index (χ1n) is 9.09. The predicted molar refractivity (Wildman–Crippen MR) is 106 cm³/mol. The van der Waals surface area contributed by atoms with Gasteiger partial charge in [-0.05, 0) is 49.9 Å². The van der Waals surface area contributed by atoms with Crippen molar-refractivity contribution in [2.75, 3.05) is 11.4 Å². The fourth-order valence-corrected chi connectivity index (χ4v) is 4.71. The van der Waals surface area contributed by atoms with Crippen molar-refractivity contribution < 1.29 is 13.2 Å². The van der Waals surface area contributed by atoms with Crippen LogP contribution in [0.3, 0.4) is 0 Å². The second-order valence-electron chi connectivity index (χ2n) is 6.89. The van der Waals surface area contributed by atoms with Crippen molar-refractivity contribution in [1.29, 1.82) is 0 Å². The number of nitrogens with two attached hydrogens (primary N) is 1. The van der Waals surface area contributed by atoms with E-state index < -0.39 is 10.0 Å². The zero-order valence-corrected chi connectivity index (χ0v) is 16.2. The first-order valence-corrected chi connectivity index (χ1v) is 10.5. The number of para-hydroxylation sites is 1. The van der Waals surface area contributed by atoms with E-state index in [1.165, 1.54) is 17.4 Å². The van der Waals surface area contributed by atoms with Crippen LogP contribution >= 0.6 is 0 Å². The Morgan fingerprint density at radius 1 is 1.00 bits per heavy atom. The van der Waals surface area contributed by atoms with Crippen LogP contribution in [0.4, 0.5) is 5.69 Å². The summed E-state index contributed by atoms with van der Waals surface area (Å²) in [6.07, 6.45) is 3.35. The zero-order valence-electron chi connectivity index (χ0n) is 15.3. The zero-order chi connectivity index (χ0) is 19.4. The first-order chi connectivity index (χ1) is 12.9. The van der Waals surface area contributed by atoms with Gasteiger partial charge in [0.05, 0.1) is 11.3 Å². The SMILES string of the molecule is CN(c1ccccc1)S(=O)(=O)c1ccccc1C(=O)NC1CCC(N)CC1. The number of nitrogens with one attached hydrogen (secondary N) is 1. The van der Waals surface area contributed by atoms with E-state index in [0.717, 1.165) is 25.7 Å². The van der Waals surface area contributed by atoms with Crippen molar-refractivity contribution in [2.24, 2.45) is 5.73 Å². The molecule has 0 unspecified atom stereocenters. The van der Waals surface area contributed by atoms with E-state index in [-0.39, 0.29) is 28.4 Å². The molecule has 3 N–H and O–H groups in total. The molecule has 6 nitrogen and oxygen atoms in total. The molecule has 0 aromatic heterocycles. The van der Waals surface area contributed by atoms with Crippen LogP contribution in [0.2, 0.25) is 0 Å². The minimum atomic E-state index is -3.86. The van der Waals surface area contributed by atoms with Crippen molar-refractivity contribution in [3.8, 4) is 0 Å². The third kappa shape index (κ3) is 4.31. The fraction of sp³-hybridized carbons (Fsp3) is 0.350. The number of rotatable bonds is 5. The van der Waals surface area contributed by atoms with Gasteiger partial charge in [-0.15, -0.1) is 0 Å². The molecular formula is C20H25N3O3S. The van der Waals surface area contributed by atoms with Crippen LogP contribution in [0.15, 0.2) is 59.5 Å². The van der Waals surface area contributed by atoms with E-state index in [4.69, 9.17) is 5.73 Å². The Morgan fingerprint density at radius 2 is 1.59 bits per heavy atom. The van der Waals surface area contributed by atoms with Gasteiger partial charge in [0.2, 0.25) is 0 Å². The molecule has 0 spiro atoms. The molecule has 27 heavy (non-hydrogen) atoms. The summed E-state index contributed by atoms with van der Waals surface area (Å²) in [5.74, 6) is -0.365. The topological polar surface area (TPSA) is 92.5 Å². The first kappa shape index (κ1) is 19.4. The molecule has 2 aromatic rings. The number of anilines is 1. The van der Waals surface area contributed by atoms with Gasteiger partial charge in [-0.1, -0.05) is 30.3 Å². The molecular weight excluding hydrogens is 362 g/mol. The highest BCUT2D eigenvalue weighted by Gasteiger charge is 2.28. The maximum atomic E-state index is 13.1. The van der Waals surface area contributed by atoms with E-state index in [9.17, 15) is 13.2 Å². The Morgan fingerprint density at radius 3 is 2.26 bits per heavy atom. The Hall–Kier alpha value is -2.38. The quantitative estimate of drug-likeness (QED) is 0.824. The van der Waals surface area contributed by atoms with Gasteiger partial charge in [0.15, 0.2) is 0 Å². The smallest absolute Gasteiger partial charge is 0.264 e. The number of benzene rings is 2. The molecule has 0 heterocycles. The average Bonchev–Trinajstić information content (AvgIpc) is 2.69. The van der Waals surface area contributed by atoms with Gasteiger partial charge in [0.1, 0.15) is 4.90 Å². The van der Waals surface area contributed by atoms with E-state index >= 15 is 0 Å². The minimum Gasteiger partial charge on any atom is -0.349 e. The highest BCUT2D eigenvalue weighted by Crippen LogP contribution is 2.25. The fourth-order valence-electron chi connectivity index (χ4n) is 3.33. The molecule has 0 aliphatic heterocycles. The largest absolute Gasteiger partial charge is 0.349 e. The van der Waals surface area contributed by atoms with Gasteiger partial charge in [-0.25, -0.2) is 8.42 Å². The summed E-state index contributed by atoms with van der Waals surface area (Å²) in [5.41, 5.74) is 6.61. The van der Waals surface area contributed by atoms with Crippen LogP contribution < -0.4 is 15.4 Å². The van der Waals surface area contributed by atoms with Crippen molar-refractivity contribution in [2.45, 2.75) is 42.7 Å². The summed E-state index contributed by atoms with van der Waals surface area (Å²) < 4.78 is 27.4. The van der Waals surface area contributed by atoms with E-state index in [1.807, 2.05) is 6.07 Å². The highest BCUT2D eigenvalue weighted by molar-refractivity contribution is 7.92. The molecule has 0 saturated heterocycles. The van der Waals surface area contributed by atoms with Gasteiger partial charge in [0, 0.05) is 19.1 Å². The van der Waals surface area contributed by atoms with Crippen molar-refractivity contribution in [1.82, 2.24) is 5.32 Å². The van der Waals surface area contributed by atoms with Crippen molar-refractivity contribution in [3.05, 3.63) is 60.2 Å². The monoisotopic (exact) mass is 387 g/mol. The predicted octanol–water partition coefficient (Wildman–Crippen LogP) is 2.51. The van der Waals surface area contributed by atoms with E-state index in [0.29, 0.717) is 5.69 Å².